The lowest BCUT2D eigenvalue weighted by molar-refractivity contribution is 0.287. The van der Waals surface area contributed by atoms with E-state index < -0.39 is 10.0 Å². The predicted octanol–water partition coefficient (Wildman–Crippen LogP) is 3.39. The van der Waals surface area contributed by atoms with Crippen LogP contribution in [0.15, 0.2) is 23.2 Å². The van der Waals surface area contributed by atoms with Gasteiger partial charge in [-0.15, -0.1) is 24.0 Å². The zero-order chi connectivity index (χ0) is 22.6. The molecular formula is C21H39IN4O4S. The lowest BCUT2D eigenvalue weighted by Gasteiger charge is -2.20. The molecule has 2 N–H and O–H groups in total. The monoisotopic (exact) mass is 570 g/mol. The highest BCUT2D eigenvalue weighted by atomic mass is 127. The molecule has 0 aliphatic rings. The van der Waals surface area contributed by atoms with Crippen molar-refractivity contribution in [1.82, 2.24) is 14.9 Å². The molecule has 0 aliphatic heterocycles. The number of nitrogens with zero attached hydrogens (tertiary/aromatic N) is 2. The zero-order valence-corrected chi connectivity index (χ0v) is 22.7. The first-order chi connectivity index (χ1) is 14.3. The van der Waals surface area contributed by atoms with Crippen molar-refractivity contribution < 1.29 is 17.9 Å². The second-order valence-electron chi connectivity index (χ2n) is 6.77. The van der Waals surface area contributed by atoms with Crippen molar-refractivity contribution in [2.75, 3.05) is 45.6 Å². The van der Waals surface area contributed by atoms with Crippen LogP contribution in [-0.4, -0.2) is 64.3 Å². The molecule has 10 heteroatoms. The van der Waals surface area contributed by atoms with E-state index in [-0.39, 0.29) is 35.8 Å². The minimum atomic E-state index is -3.15. The number of aliphatic imine (C=N–C) groups is 1. The minimum Gasteiger partial charge on any atom is -0.490 e. The second-order valence-corrected chi connectivity index (χ2v) is 9.14. The molecular weight excluding hydrogens is 531 g/mol. The van der Waals surface area contributed by atoms with Crippen LogP contribution >= 0.6 is 24.0 Å². The van der Waals surface area contributed by atoms with Crippen molar-refractivity contribution in [3.63, 3.8) is 0 Å². The molecule has 8 nitrogen and oxygen atoms in total. The predicted molar refractivity (Wildman–Crippen MR) is 138 cm³/mol. The summed E-state index contributed by atoms with van der Waals surface area (Å²) in [6.07, 6.45) is 0.651. The maximum absolute atomic E-state index is 11.8. The summed E-state index contributed by atoms with van der Waals surface area (Å²) in [6.45, 7) is 12.5. The molecule has 0 heterocycles. The fourth-order valence-electron chi connectivity index (χ4n) is 2.79. The molecule has 0 amide bonds. The van der Waals surface area contributed by atoms with Gasteiger partial charge in [-0.1, -0.05) is 6.07 Å². The Hall–Kier alpha value is -1.27. The summed E-state index contributed by atoms with van der Waals surface area (Å²) in [5.41, 5.74) is 1.06. The first-order valence-corrected chi connectivity index (χ1v) is 12.3. The summed E-state index contributed by atoms with van der Waals surface area (Å²) in [7, 11) is -1.54. The number of ether oxygens (including phenoxy) is 2. The van der Waals surface area contributed by atoms with E-state index in [0.29, 0.717) is 38.7 Å². The van der Waals surface area contributed by atoms with Crippen molar-refractivity contribution in [3.05, 3.63) is 23.8 Å². The molecule has 0 fully saturated rings. The third-order valence-electron chi connectivity index (χ3n) is 4.51. The Bertz CT molecular complexity index is 775. The van der Waals surface area contributed by atoms with Crippen molar-refractivity contribution in [3.8, 4) is 11.5 Å². The first-order valence-electron chi connectivity index (χ1n) is 10.7. The van der Waals surface area contributed by atoms with E-state index in [2.05, 4.69) is 22.5 Å². The Labute approximate surface area is 205 Å². The molecule has 0 radical (unpaired) electrons. The van der Waals surface area contributed by atoms with Gasteiger partial charge in [-0.3, -0.25) is 4.99 Å². The topological polar surface area (TPSA) is 92.3 Å². The van der Waals surface area contributed by atoms with Gasteiger partial charge in [-0.2, -0.15) is 0 Å². The number of halogens is 1. The van der Waals surface area contributed by atoms with Gasteiger partial charge in [0.05, 0.1) is 25.0 Å². The standard InChI is InChI=1S/C21H38N4O4S.HI/c1-7-22-21(23-14-11-15-25(6)30(26,27)10-4)24-17(5)18-12-13-19(28-8-2)20(16-18)29-9-3;/h12-13,16-17H,7-11,14-15H2,1-6H3,(H2,22,23,24);1H. The van der Waals surface area contributed by atoms with Crippen LogP contribution in [0.2, 0.25) is 0 Å². The summed E-state index contributed by atoms with van der Waals surface area (Å²) in [5, 5.41) is 6.63. The van der Waals surface area contributed by atoms with Crippen LogP contribution in [0, 0.1) is 0 Å². The minimum absolute atomic E-state index is 0. The van der Waals surface area contributed by atoms with E-state index in [4.69, 9.17) is 9.47 Å². The van der Waals surface area contributed by atoms with Crippen LogP contribution in [0.5, 0.6) is 11.5 Å². The summed E-state index contributed by atoms with van der Waals surface area (Å²) >= 11 is 0. The molecule has 1 aromatic carbocycles. The van der Waals surface area contributed by atoms with Crippen LogP contribution < -0.4 is 20.1 Å². The molecule has 0 aromatic heterocycles. The Morgan fingerprint density at radius 3 is 2.35 bits per heavy atom. The SMILES string of the molecule is CCNC(=NCCCN(C)S(=O)(=O)CC)NC(C)c1ccc(OCC)c(OCC)c1.I. The fourth-order valence-corrected chi connectivity index (χ4v) is 3.64. The number of rotatable bonds is 13. The van der Waals surface area contributed by atoms with Crippen LogP contribution in [-0.2, 0) is 10.0 Å². The highest BCUT2D eigenvalue weighted by molar-refractivity contribution is 14.0. The second kappa shape index (κ2) is 15.5. The van der Waals surface area contributed by atoms with Crippen LogP contribution in [0.25, 0.3) is 0 Å². The molecule has 31 heavy (non-hydrogen) atoms. The average Bonchev–Trinajstić information content (AvgIpc) is 2.72. The van der Waals surface area contributed by atoms with Crippen LogP contribution in [0.1, 0.15) is 52.6 Å². The number of sulfonamides is 1. The largest absolute Gasteiger partial charge is 0.490 e. The molecule has 0 saturated carbocycles. The van der Waals surface area contributed by atoms with E-state index in [1.165, 1.54) is 4.31 Å². The van der Waals surface area contributed by atoms with E-state index in [9.17, 15) is 8.42 Å². The molecule has 1 rings (SSSR count). The smallest absolute Gasteiger partial charge is 0.213 e. The Morgan fingerprint density at radius 1 is 1.13 bits per heavy atom. The fraction of sp³-hybridized carbons (Fsp3) is 0.667. The van der Waals surface area contributed by atoms with Crippen molar-refractivity contribution >= 4 is 40.0 Å². The average molecular weight is 571 g/mol. The number of hydrogen-bond donors (Lipinski definition) is 2. The van der Waals surface area contributed by atoms with Gasteiger partial charge in [0.15, 0.2) is 17.5 Å². The maximum atomic E-state index is 11.8. The molecule has 0 spiro atoms. The van der Waals surface area contributed by atoms with Gasteiger partial charge in [0, 0.05) is 26.7 Å². The highest BCUT2D eigenvalue weighted by Crippen LogP contribution is 2.30. The summed E-state index contributed by atoms with van der Waals surface area (Å²) in [6, 6.07) is 5.93. The van der Waals surface area contributed by atoms with E-state index in [0.717, 1.165) is 23.6 Å². The van der Waals surface area contributed by atoms with Crippen molar-refractivity contribution in [2.24, 2.45) is 4.99 Å². The van der Waals surface area contributed by atoms with Crippen LogP contribution in [0.3, 0.4) is 0 Å². The van der Waals surface area contributed by atoms with Gasteiger partial charge in [0.1, 0.15) is 0 Å². The van der Waals surface area contributed by atoms with Gasteiger partial charge in [-0.25, -0.2) is 12.7 Å². The van der Waals surface area contributed by atoms with Gasteiger partial charge in [0.2, 0.25) is 10.0 Å². The Kier molecular flexibility index (Phi) is 14.9. The van der Waals surface area contributed by atoms with E-state index >= 15 is 0 Å². The normalized spacial score (nSPS) is 12.8. The summed E-state index contributed by atoms with van der Waals surface area (Å²) in [5.74, 6) is 2.27. The molecule has 0 saturated heterocycles. The molecule has 1 atom stereocenters. The third-order valence-corrected chi connectivity index (χ3v) is 6.37. The van der Waals surface area contributed by atoms with Crippen molar-refractivity contribution in [2.45, 2.75) is 47.1 Å². The number of guanidine groups is 1. The highest BCUT2D eigenvalue weighted by Gasteiger charge is 2.15. The molecule has 0 aliphatic carbocycles. The zero-order valence-electron chi connectivity index (χ0n) is 19.6. The van der Waals surface area contributed by atoms with Crippen molar-refractivity contribution in [1.29, 1.82) is 0 Å². The van der Waals surface area contributed by atoms with E-state index in [1.807, 2.05) is 39.0 Å². The lowest BCUT2D eigenvalue weighted by atomic mass is 10.1. The number of benzene rings is 1. The van der Waals surface area contributed by atoms with Gasteiger partial charge in [-0.05, 0) is 58.7 Å². The molecule has 180 valence electrons. The summed E-state index contributed by atoms with van der Waals surface area (Å²) < 4.78 is 36.4. The van der Waals surface area contributed by atoms with Gasteiger partial charge in [0.25, 0.3) is 0 Å². The van der Waals surface area contributed by atoms with Crippen LogP contribution in [0.4, 0.5) is 0 Å². The molecule has 1 unspecified atom stereocenters. The molecule has 1 aromatic rings. The summed E-state index contributed by atoms with van der Waals surface area (Å²) in [4.78, 5) is 4.58. The first kappa shape index (κ1) is 29.7. The van der Waals surface area contributed by atoms with E-state index in [1.54, 1.807) is 14.0 Å². The van der Waals surface area contributed by atoms with Gasteiger partial charge < -0.3 is 20.1 Å². The Balaban J connectivity index is 0.00000900. The quantitative estimate of drug-likeness (QED) is 0.164. The van der Waals surface area contributed by atoms with Gasteiger partial charge >= 0.3 is 0 Å². The Morgan fingerprint density at radius 2 is 1.77 bits per heavy atom. The molecule has 0 bridgehead atoms. The third kappa shape index (κ3) is 10.3. The lowest BCUT2D eigenvalue weighted by Crippen LogP contribution is -2.39. The number of nitrogens with one attached hydrogen (secondary N) is 2. The number of hydrogen-bond acceptors (Lipinski definition) is 5. The maximum Gasteiger partial charge on any atom is 0.213 e.